The Kier molecular flexibility index (Phi) is 6.41. The summed E-state index contributed by atoms with van der Waals surface area (Å²) in [5, 5.41) is 36.9. The van der Waals surface area contributed by atoms with Crippen molar-refractivity contribution in [2.45, 2.75) is 11.2 Å². The number of nitrogens with one attached hydrogen (secondary N) is 1. The number of nitrogen functional groups attached to an aromatic ring is 1. The van der Waals surface area contributed by atoms with Crippen LogP contribution in [0.25, 0.3) is 11.3 Å². The fourth-order valence-electron chi connectivity index (χ4n) is 2.82. The van der Waals surface area contributed by atoms with Gasteiger partial charge < -0.3 is 20.7 Å². The average molecular weight is 475 g/mol. The molecule has 0 fully saturated rings. The summed E-state index contributed by atoms with van der Waals surface area (Å²) in [5.74, 6) is -2.26. The molecule has 3 rings (SSSR count). The smallest absolute Gasteiger partial charge is 0.416 e. The summed E-state index contributed by atoms with van der Waals surface area (Å²) in [5.41, 5.74) is 3.99. The standard InChI is InChI=1S/C19H12F3N7O3S/c1-29-15(18(31)32-28-29)14-11(6-23)16(25)27-17(12(14)7-24)33-8-13(30)26-10-4-2-3-9(5-10)19(20,21)22/h2-5H,8H2,1H3,(H3-,25,26,27,28,30,31). The lowest BCUT2D eigenvalue weighted by atomic mass is 10.0. The highest BCUT2D eigenvalue weighted by Crippen LogP contribution is 2.37. The average Bonchev–Trinajstić information content (AvgIpc) is 3.09. The molecule has 0 aliphatic carbocycles. The first-order chi connectivity index (χ1) is 15.6. The predicted molar refractivity (Wildman–Crippen MR) is 105 cm³/mol. The number of aryl methyl sites for hydroxylation is 1. The summed E-state index contributed by atoms with van der Waals surface area (Å²) >= 11 is 0.746. The first kappa shape index (κ1) is 23.4. The van der Waals surface area contributed by atoms with Gasteiger partial charge in [-0.2, -0.15) is 23.7 Å². The molecule has 168 valence electrons. The monoisotopic (exact) mass is 475 g/mol. The van der Waals surface area contributed by atoms with Crippen LogP contribution in [0, 0.1) is 22.7 Å². The lowest BCUT2D eigenvalue weighted by Gasteiger charge is -2.11. The van der Waals surface area contributed by atoms with E-state index in [4.69, 9.17) is 5.73 Å². The highest BCUT2D eigenvalue weighted by molar-refractivity contribution is 8.00. The number of thioether (sulfide) groups is 1. The molecule has 0 atom stereocenters. The van der Waals surface area contributed by atoms with E-state index < -0.39 is 23.6 Å². The van der Waals surface area contributed by atoms with Crippen LogP contribution in [0.15, 0.2) is 33.8 Å². The van der Waals surface area contributed by atoms with Gasteiger partial charge in [0.1, 0.15) is 28.5 Å². The number of amides is 1. The van der Waals surface area contributed by atoms with Gasteiger partial charge in [0, 0.05) is 5.69 Å². The van der Waals surface area contributed by atoms with Crippen LogP contribution in [0.1, 0.15) is 16.7 Å². The number of nitrogens with two attached hydrogens (primary N) is 1. The molecule has 2 aromatic heterocycles. The maximum atomic E-state index is 12.8. The molecule has 3 N–H and O–H groups in total. The molecule has 1 amide bonds. The highest BCUT2D eigenvalue weighted by atomic mass is 32.2. The molecular formula is C19H12F3N7O3S. The van der Waals surface area contributed by atoms with Crippen LogP contribution in [0.5, 0.6) is 5.95 Å². The van der Waals surface area contributed by atoms with E-state index in [-0.39, 0.29) is 44.7 Å². The molecule has 0 saturated heterocycles. The Morgan fingerprint density at radius 3 is 2.61 bits per heavy atom. The number of anilines is 2. The molecule has 33 heavy (non-hydrogen) atoms. The van der Waals surface area contributed by atoms with E-state index in [1.54, 1.807) is 6.07 Å². The highest BCUT2D eigenvalue weighted by Gasteiger charge is 2.31. The van der Waals surface area contributed by atoms with Crippen molar-refractivity contribution in [2.75, 3.05) is 16.8 Å². The molecule has 0 spiro atoms. The van der Waals surface area contributed by atoms with Crippen LogP contribution in [0.3, 0.4) is 0 Å². The number of carbonyl (C=O) groups is 1. The van der Waals surface area contributed by atoms with Crippen molar-refractivity contribution in [1.82, 2.24) is 10.3 Å². The van der Waals surface area contributed by atoms with E-state index in [2.05, 4.69) is 20.1 Å². The van der Waals surface area contributed by atoms with Crippen molar-refractivity contribution in [1.29, 1.82) is 10.5 Å². The number of benzene rings is 1. The van der Waals surface area contributed by atoms with Crippen LogP contribution < -0.4 is 20.8 Å². The Labute approximate surface area is 188 Å². The van der Waals surface area contributed by atoms with Gasteiger partial charge in [0.15, 0.2) is 13.0 Å². The van der Waals surface area contributed by atoms with Crippen LogP contribution in [-0.4, -0.2) is 21.9 Å². The molecule has 0 aliphatic rings. The fraction of sp³-hybridized carbons (Fsp3) is 0.158. The second kappa shape index (κ2) is 9.05. The number of alkyl halides is 3. The maximum Gasteiger partial charge on any atom is 0.416 e. The number of carbonyl (C=O) groups excluding carboxylic acids is 1. The number of hydrogen-bond donors (Lipinski definition) is 2. The summed E-state index contributed by atoms with van der Waals surface area (Å²) in [6, 6.07) is 7.70. The third kappa shape index (κ3) is 4.81. The van der Waals surface area contributed by atoms with Crippen molar-refractivity contribution < 1.29 is 32.3 Å². The molecule has 3 aromatic rings. The van der Waals surface area contributed by atoms with E-state index in [0.717, 1.165) is 34.6 Å². The molecule has 0 saturated carbocycles. The fourth-order valence-corrected chi connectivity index (χ4v) is 3.62. The van der Waals surface area contributed by atoms with Gasteiger partial charge in [-0.3, -0.25) is 4.79 Å². The SMILES string of the molecule is C[n+]1noc([O-])c1-c1c(C#N)c(N)nc(SCC(=O)Nc2cccc(C(F)(F)F)c2)c1C#N. The first-order valence-electron chi connectivity index (χ1n) is 8.83. The first-order valence-corrected chi connectivity index (χ1v) is 9.82. The normalized spacial score (nSPS) is 11.0. The number of rotatable bonds is 5. The van der Waals surface area contributed by atoms with E-state index in [1.807, 2.05) is 6.07 Å². The predicted octanol–water partition coefficient (Wildman–Crippen LogP) is 1.71. The van der Waals surface area contributed by atoms with Crippen molar-refractivity contribution in [3.63, 3.8) is 0 Å². The molecule has 1 aromatic carbocycles. The van der Waals surface area contributed by atoms with Crippen molar-refractivity contribution >= 4 is 29.2 Å². The lowest BCUT2D eigenvalue weighted by molar-refractivity contribution is -0.730. The Morgan fingerprint density at radius 2 is 2.03 bits per heavy atom. The van der Waals surface area contributed by atoms with E-state index >= 15 is 0 Å². The van der Waals surface area contributed by atoms with Gasteiger partial charge in [-0.15, -0.1) is 0 Å². The van der Waals surface area contributed by atoms with Crippen LogP contribution >= 0.6 is 11.8 Å². The Bertz CT molecular complexity index is 1310. The minimum atomic E-state index is -4.57. The van der Waals surface area contributed by atoms with E-state index in [0.29, 0.717) is 0 Å². The minimum Gasteiger partial charge on any atom is -0.539 e. The van der Waals surface area contributed by atoms with Crippen LogP contribution in [0.2, 0.25) is 0 Å². The molecule has 0 aliphatic heterocycles. The zero-order chi connectivity index (χ0) is 24.3. The second-order valence-corrected chi connectivity index (χ2v) is 7.36. The third-order valence-electron chi connectivity index (χ3n) is 4.23. The Hall–Kier alpha value is -4.30. The zero-order valence-electron chi connectivity index (χ0n) is 16.6. The lowest BCUT2D eigenvalue weighted by Crippen LogP contribution is -2.32. The number of hydrogen-bond acceptors (Lipinski definition) is 9. The summed E-state index contributed by atoms with van der Waals surface area (Å²) in [6.45, 7) is 0. The number of halogens is 3. The minimum absolute atomic E-state index is 0.0659. The van der Waals surface area contributed by atoms with E-state index in [1.165, 1.54) is 13.1 Å². The van der Waals surface area contributed by atoms with Gasteiger partial charge in [0.2, 0.25) is 5.91 Å². The number of nitriles is 2. The third-order valence-corrected chi connectivity index (χ3v) is 5.20. The zero-order valence-corrected chi connectivity index (χ0v) is 17.4. The number of pyridine rings is 1. The summed E-state index contributed by atoms with van der Waals surface area (Å²) < 4.78 is 44.1. The van der Waals surface area contributed by atoms with Gasteiger partial charge in [0.05, 0.1) is 27.7 Å². The molecule has 0 radical (unpaired) electrons. The van der Waals surface area contributed by atoms with Gasteiger partial charge in [-0.1, -0.05) is 22.5 Å². The molecule has 14 heteroatoms. The Balaban J connectivity index is 1.90. The molecule has 0 unspecified atom stereocenters. The van der Waals surface area contributed by atoms with Gasteiger partial charge in [-0.25, -0.2) is 4.98 Å². The van der Waals surface area contributed by atoms with Crippen LogP contribution in [0.4, 0.5) is 24.7 Å². The van der Waals surface area contributed by atoms with Crippen LogP contribution in [-0.2, 0) is 18.0 Å². The van der Waals surface area contributed by atoms with Gasteiger partial charge >= 0.3 is 6.18 Å². The largest absolute Gasteiger partial charge is 0.539 e. The summed E-state index contributed by atoms with van der Waals surface area (Å²) in [4.78, 5) is 16.3. The molecular weight excluding hydrogens is 463 g/mol. The van der Waals surface area contributed by atoms with E-state index in [9.17, 15) is 33.6 Å². The molecule has 2 heterocycles. The van der Waals surface area contributed by atoms with Gasteiger partial charge in [-0.05, 0) is 18.2 Å². The number of aromatic nitrogens is 3. The quantitative estimate of drug-likeness (QED) is 0.412. The summed E-state index contributed by atoms with van der Waals surface area (Å²) in [6.07, 6.45) is -4.57. The number of nitrogens with zero attached hydrogens (tertiary/aromatic N) is 5. The maximum absolute atomic E-state index is 12.8. The second-order valence-electron chi connectivity index (χ2n) is 6.40. The molecule has 10 nitrogen and oxygen atoms in total. The van der Waals surface area contributed by atoms with Crippen molar-refractivity contribution in [3.05, 3.63) is 41.0 Å². The van der Waals surface area contributed by atoms with Gasteiger partial charge in [0.25, 0.3) is 5.69 Å². The topological polar surface area (TPSA) is 169 Å². The van der Waals surface area contributed by atoms with Crippen molar-refractivity contribution in [2.24, 2.45) is 7.05 Å². The Morgan fingerprint density at radius 1 is 1.33 bits per heavy atom. The van der Waals surface area contributed by atoms with Crippen molar-refractivity contribution in [3.8, 4) is 29.3 Å². The summed E-state index contributed by atoms with van der Waals surface area (Å²) in [7, 11) is 1.36. The molecule has 0 bridgehead atoms.